The number of benzene rings is 1. The summed E-state index contributed by atoms with van der Waals surface area (Å²) < 4.78 is 41.5. The third-order valence-electron chi connectivity index (χ3n) is 8.10. The van der Waals surface area contributed by atoms with E-state index >= 15 is 0 Å². The Balaban J connectivity index is 1.45. The molecule has 2 aliphatic rings. The quantitative estimate of drug-likeness (QED) is 0.429. The molecule has 0 bridgehead atoms. The number of piperidine rings is 1. The summed E-state index contributed by atoms with van der Waals surface area (Å²) in [5.41, 5.74) is -0.0316. The van der Waals surface area contributed by atoms with Crippen molar-refractivity contribution in [3.05, 3.63) is 47.3 Å². The van der Waals surface area contributed by atoms with E-state index in [0.29, 0.717) is 24.1 Å². The lowest BCUT2D eigenvalue weighted by atomic mass is 9.89. The smallest absolute Gasteiger partial charge is 0.355 e. The molecular formula is C29H36F3N7O2. The lowest BCUT2D eigenvalue weighted by molar-refractivity contribution is -0.138. The van der Waals surface area contributed by atoms with Crippen molar-refractivity contribution in [1.82, 2.24) is 25.1 Å². The number of amides is 2. The molecule has 1 aromatic heterocycles. The first-order valence-corrected chi connectivity index (χ1v) is 14.0. The van der Waals surface area contributed by atoms with Gasteiger partial charge in [-0.25, -0.2) is 9.97 Å². The second kappa shape index (κ2) is 13.3. The van der Waals surface area contributed by atoms with Crippen LogP contribution in [-0.2, 0) is 17.4 Å². The number of halogens is 3. The Hall–Kier alpha value is -3.72. The van der Waals surface area contributed by atoms with Gasteiger partial charge in [0.15, 0.2) is 0 Å². The van der Waals surface area contributed by atoms with Crippen molar-refractivity contribution < 1.29 is 22.8 Å². The molecule has 2 heterocycles. The van der Waals surface area contributed by atoms with Crippen LogP contribution in [0, 0.1) is 23.2 Å². The molecule has 0 spiro atoms. The molecular weight excluding hydrogens is 535 g/mol. The monoisotopic (exact) mass is 571 g/mol. The number of hydrogen-bond acceptors (Lipinski definition) is 7. The highest BCUT2D eigenvalue weighted by Crippen LogP contribution is 2.38. The molecule has 4 rings (SSSR count). The molecule has 1 aromatic carbocycles. The third-order valence-corrected chi connectivity index (χ3v) is 8.10. The van der Waals surface area contributed by atoms with E-state index in [2.05, 4.69) is 32.5 Å². The molecule has 220 valence electrons. The van der Waals surface area contributed by atoms with E-state index in [9.17, 15) is 22.8 Å². The maximum Gasteiger partial charge on any atom is 0.419 e. The number of nitrogens with zero attached hydrogens (tertiary/aromatic N) is 5. The Morgan fingerprint density at radius 2 is 1.85 bits per heavy atom. The van der Waals surface area contributed by atoms with Gasteiger partial charge in [0.05, 0.1) is 23.7 Å². The number of carbonyl (C=O) groups excluding carboxylic acids is 2. The van der Waals surface area contributed by atoms with Crippen LogP contribution in [0.25, 0.3) is 0 Å². The van der Waals surface area contributed by atoms with Gasteiger partial charge in [-0.05, 0) is 82.4 Å². The fourth-order valence-corrected chi connectivity index (χ4v) is 5.69. The summed E-state index contributed by atoms with van der Waals surface area (Å²) in [4.78, 5) is 37.8. The first kappa shape index (κ1) is 30.2. The van der Waals surface area contributed by atoms with Crippen LogP contribution >= 0.6 is 0 Å². The van der Waals surface area contributed by atoms with Gasteiger partial charge < -0.3 is 20.4 Å². The molecule has 2 atom stereocenters. The summed E-state index contributed by atoms with van der Waals surface area (Å²) in [6.45, 7) is 2.10. The van der Waals surface area contributed by atoms with E-state index in [0.717, 1.165) is 38.5 Å². The van der Waals surface area contributed by atoms with Crippen LogP contribution in [-0.4, -0.2) is 71.4 Å². The first-order chi connectivity index (χ1) is 19.6. The average Bonchev–Trinajstić information content (AvgIpc) is 3.41. The zero-order valence-electron chi connectivity index (χ0n) is 23.4. The Morgan fingerprint density at radius 1 is 1.15 bits per heavy atom. The summed E-state index contributed by atoms with van der Waals surface area (Å²) in [5.74, 6) is -1.04. The summed E-state index contributed by atoms with van der Waals surface area (Å²) in [5, 5.41) is 14.4. The van der Waals surface area contributed by atoms with Crippen LogP contribution in [0.1, 0.15) is 60.1 Å². The van der Waals surface area contributed by atoms with Gasteiger partial charge >= 0.3 is 6.18 Å². The van der Waals surface area contributed by atoms with Crippen LogP contribution in [0.15, 0.2) is 30.5 Å². The minimum absolute atomic E-state index is 0.00328. The molecule has 41 heavy (non-hydrogen) atoms. The molecule has 0 radical (unpaired) electrons. The summed E-state index contributed by atoms with van der Waals surface area (Å²) >= 11 is 0. The van der Waals surface area contributed by atoms with E-state index in [1.54, 1.807) is 29.2 Å². The van der Waals surface area contributed by atoms with Gasteiger partial charge in [-0.1, -0.05) is 6.42 Å². The molecule has 0 unspecified atom stereocenters. The maximum atomic E-state index is 13.8. The van der Waals surface area contributed by atoms with Gasteiger partial charge in [-0.2, -0.15) is 18.4 Å². The predicted molar refractivity (Wildman–Crippen MR) is 147 cm³/mol. The minimum Gasteiger partial charge on any atom is -0.355 e. The Kier molecular flexibility index (Phi) is 9.81. The standard InChI is InChI=1S/C29H36F3N7O2/c1-38-15-11-22(12-16-38)39(2)27(41)19-7-9-21(10-8-19)36-28-35-18-24(29(30,31)32)25(37-28)17-20-5-3-6-23(20)26(40)34-14-4-13-33/h7-10,18,20,22-23H,3-6,11-12,14-17H2,1-2H3,(H,34,40)(H,35,36,37)/t20-,23-/m0/s1. The zero-order chi connectivity index (χ0) is 29.6. The fourth-order valence-electron chi connectivity index (χ4n) is 5.69. The first-order valence-electron chi connectivity index (χ1n) is 14.0. The molecule has 2 aromatic rings. The average molecular weight is 572 g/mol. The molecule has 1 aliphatic carbocycles. The zero-order valence-corrected chi connectivity index (χ0v) is 23.4. The fraction of sp³-hybridized carbons (Fsp3) is 0.552. The molecule has 2 N–H and O–H groups in total. The van der Waals surface area contributed by atoms with Gasteiger partial charge in [-0.3, -0.25) is 9.59 Å². The lowest BCUT2D eigenvalue weighted by Crippen LogP contribution is -2.44. The minimum atomic E-state index is -4.64. The number of likely N-dealkylation sites (tertiary alicyclic amines) is 1. The van der Waals surface area contributed by atoms with Gasteiger partial charge in [0.1, 0.15) is 0 Å². The number of carbonyl (C=O) groups is 2. The largest absolute Gasteiger partial charge is 0.419 e. The summed E-state index contributed by atoms with van der Waals surface area (Å²) in [7, 11) is 3.88. The van der Waals surface area contributed by atoms with E-state index < -0.39 is 17.7 Å². The Labute approximate surface area is 238 Å². The molecule has 2 fully saturated rings. The second-order valence-electron chi connectivity index (χ2n) is 10.9. The normalized spacial score (nSPS) is 19.9. The van der Waals surface area contributed by atoms with Gasteiger partial charge in [-0.15, -0.1) is 0 Å². The van der Waals surface area contributed by atoms with E-state index in [1.807, 2.05) is 13.1 Å². The highest BCUT2D eigenvalue weighted by Gasteiger charge is 2.39. The van der Waals surface area contributed by atoms with Crippen LogP contribution in [0.4, 0.5) is 24.8 Å². The van der Waals surface area contributed by atoms with Crippen LogP contribution in [0.2, 0.25) is 0 Å². The molecule has 1 saturated heterocycles. The van der Waals surface area contributed by atoms with E-state index in [4.69, 9.17) is 5.26 Å². The lowest BCUT2D eigenvalue weighted by Gasteiger charge is -2.35. The number of rotatable bonds is 9. The summed E-state index contributed by atoms with van der Waals surface area (Å²) in [6.07, 6.45) is 0.0521. The molecule has 9 nitrogen and oxygen atoms in total. The van der Waals surface area contributed by atoms with Gasteiger partial charge in [0.2, 0.25) is 11.9 Å². The number of alkyl halides is 3. The number of nitriles is 1. The Morgan fingerprint density at radius 3 is 2.51 bits per heavy atom. The predicted octanol–water partition coefficient (Wildman–Crippen LogP) is 4.39. The van der Waals surface area contributed by atoms with Gasteiger partial charge in [0.25, 0.3) is 5.91 Å². The van der Waals surface area contributed by atoms with Crippen molar-refractivity contribution in [2.45, 2.75) is 57.2 Å². The second-order valence-corrected chi connectivity index (χ2v) is 10.9. The van der Waals surface area contributed by atoms with Crippen LogP contribution in [0.5, 0.6) is 0 Å². The van der Waals surface area contributed by atoms with E-state index in [-0.39, 0.29) is 54.8 Å². The van der Waals surface area contributed by atoms with Crippen LogP contribution in [0.3, 0.4) is 0 Å². The number of hydrogen-bond donors (Lipinski definition) is 2. The van der Waals surface area contributed by atoms with Gasteiger partial charge in [0, 0.05) is 43.0 Å². The number of anilines is 2. The van der Waals surface area contributed by atoms with E-state index in [1.165, 1.54) is 0 Å². The van der Waals surface area contributed by atoms with Crippen molar-refractivity contribution >= 4 is 23.5 Å². The summed E-state index contributed by atoms with van der Waals surface area (Å²) in [6, 6.07) is 8.84. The third kappa shape index (κ3) is 7.73. The molecule has 1 aliphatic heterocycles. The molecule has 2 amide bonds. The Bertz CT molecular complexity index is 1250. The van der Waals surface area contributed by atoms with Crippen LogP contribution < -0.4 is 10.6 Å². The van der Waals surface area contributed by atoms with Crippen molar-refractivity contribution in [3.8, 4) is 6.07 Å². The van der Waals surface area contributed by atoms with Crippen molar-refractivity contribution in [2.75, 3.05) is 39.0 Å². The SMILES string of the molecule is CN1CCC(N(C)C(=O)c2ccc(Nc3ncc(C(F)(F)F)c(C[C@@H]4CCC[C@@H]4C(=O)NCCC#N)n3)cc2)CC1. The topological polar surface area (TPSA) is 114 Å². The van der Waals surface area contributed by atoms with Crippen molar-refractivity contribution in [1.29, 1.82) is 5.26 Å². The molecule has 12 heteroatoms. The maximum absolute atomic E-state index is 13.8. The molecule has 1 saturated carbocycles. The van der Waals surface area contributed by atoms with Crippen molar-refractivity contribution in [3.63, 3.8) is 0 Å². The van der Waals surface area contributed by atoms with Crippen molar-refractivity contribution in [2.24, 2.45) is 11.8 Å². The number of aromatic nitrogens is 2. The highest BCUT2D eigenvalue weighted by molar-refractivity contribution is 5.94. The highest BCUT2D eigenvalue weighted by atomic mass is 19.4. The number of nitrogens with one attached hydrogen (secondary N) is 2.